The van der Waals surface area contributed by atoms with Gasteiger partial charge in [0, 0.05) is 10.4 Å². The van der Waals surface area contributed by atoms with Gasteiger partial charge in [-0.05, 0) is 43.5 Å². The number of hydrogen-bond donors (Lipinski definition) is 0. The molecule has 0 fully saturated rings. The minimum atomic E-state index is 0.0205. The first kappa shape index (κ1) is 10.9. The highest BCUT2D eigenvalue weighted by Gasteiger charge is 2.38. The molecule has 1 atom stereocenters. The molecule has 2 aliphatic rings. The second-order valence-electron chi connectivity index (χ2n) is 5.27. The van der Waals surface area contributed by atoms with Gasteiger partial charge < -0.3 is 4.74 Å². The smallest absolute Gasteiger partial charge is 0.130 e. The van der Waals surface area contributed by atoms with Gasteiger partial charge in [0.25, 0.3) is 0 Å². The average Bonchev–Trinajstić information content (AvgIpc) is 2.25. The highest BCUT2D eigenvalue weighted by Crippen LogP contribution is 2.47. The number of hydrogen-bond acceptors (Lipinski definition) is 1. The van der Waals surface area contributed by atoms with Gasteiger partial charge in [-0.2, -0.15) is 0 Å². The highest BCUT2D eigenvalue weighted by molar-refractivity contribution is 6.29. The lowest BCUT2D eigenvalue weighted by Gasteiger charge is -2.38. The van der Waals surface area contributed by atoms with Crippen molar-refractivity contribution >= 4 is 11.6 Å². The molecule has 0 saturated carbocycles. The quantitative estimate of drug-likeness (QED) is 0.661. The Balaban J connectivity index is 2.07. The molecule has 1 unspecified atom stereocenters. The molecule has 0 saturated heterocycles. The van der Waals surface area contributed by atoms with E-state index in [0.29, 0.717) is 0 Å². The van der Waals surface area contributed by atoms with Crippen LogP contribution in [0.2, 0.25) is 0 Å². The molecule has 0 amide bonds. The molecule has 1 nitrogen and oxygen atoms in total. The van der Waals surface area contributed by atoms with Gasteiger partial charge in [0.2, 0.25) is 0 Å². The largest absolute Gasteiger partial charge is 0.461 e. The molecule has 0 radical (unpaired) electrons. The van der Waals surface area contributed by atoms with Crippen LogP contribution in [0.4, 0.5) is 0 Å². The molecule has 0 spiro atoms. The van der Waals surface area contributed by atoms with Gasteiger partial charge in [-0.1, -0.05) is 36.2 Å². The number of halogens is 1. The number of allylic oxidation sites excluding steroid dienone is 4. The van der Waals surface area contributed by atoms with Gasteiger partial charge in [0.1, 0.15) is 11.5 Å². The second kappa shape index (κ2) is 3.64. The fourth-order valence-electron chi connectivity index (χ4n) is 2.68. The Morgan fingerprint density at radius 2 is 2.06 bits per heavy atom. The maximum Gasteiger partial charge on any atom is 0.130 e. The summed E-state index contributed by atoms with van der Waals surface area (Å²) in [6.45, 7) is 4.33. The number of benzene rings is 1. The molecular weight excluding hydrogens is 232 g/mol. The van der Waals surface area contributed by atoms with Crippen molar-refractivity contribution in [2.75, 3.05) is 0 Å². The van der Waals surface area contributed by atoms with E-state index in [1.54, 1.807) is 0 Å². The van der Waals surface area contributed by atoms with Crippen LogP contribution in [0.1, 0.15) is 24.5 Å². The van der Waals surface area contributed by atoms with Crippen LogP contribution in [-0.2, 0) is 6.42 Å². The number of aryl methyl sites for hydroxylation is 1. The maximum atomic E-state index is 6.15. The first-order valence-electron chi connectivity index (χ1n) is 5.91. The summed E-state index contributed by atoms with van der Waals surface area (Å²) in [5.74, 6) is 2.03. The van der Waals surface area contributed by atoms with Crippen LogP contribution in [0, 0.1) is 12.3 Å². The number of fused-ring (bicyclic) bond motifs is 2. The molecule has 2 heteroatoms. The Bertz CT molecular complexity index is 542. The van der Waals surface area contributed by atoms with Crippen molar-refractivity contribution in [1.29, 1.82) is 0 Å². The van der Waals surface area contributed by atoms with Crippen LogP contribution in [0.5, 0.6) is 5.75 Å². The molecular formula is C15H15ClO. The monoisotopic (exact) mass is 246 g/mol. The summed E-state index contributed by atoms with van der Waals surface area (Å²) in [4.78, 5) is 0. The molecule has 1 aromatic rings. The second-order valence-corrected chi connectivity index (χ2v) is 5.76. The predicted molar refractivity (Wildman–Crippen MR) is 70.3 cm³/mol. The first-order chi connectivity index (χ1) is 8.07. The van der Waals surface area contributed by atoms with E-state index >= 15 is 0 Å². The molecule has 3 rings (SSSR count). The molecule has 17 heavy (non-hydrogen) atoms. The van der Waals surface area contributed by atoms with Crippen molar-refractivity contribution < 1.29 is 4.74 Å². The van der Waals surface area contributed by atoms with Crippen molar-refractivity contribution in [3.8, 4) is 5.75 Å². The molecule has 88 valence electrons. The first-order valence-corrected chi connectivity index (χ1v) is 6.29. The van der Waals surface area contributed by atoms with Crippen LogP contribution in [-0.4, -0.2) is 0 Å². The summed E-state index contributed by atoms with van der Waals surface area (Å²) < 4.78 is 6.00. The molecule has 1 aliphatic carbocycles. The summed E-state index contributed by atoms with van der Waals surface area (Å²) in [5, 5.41) is 0.913. The summed E-state index contributed by atoms with van der Waals surface area (Å²) in [7, 11) is 0. The van der Waals surface area contributed by atoms with Crippen LogP contribution in [0.25, 0.3) is 0 Å². The van der Waals surface area contributed by atoms with Crippen molar-refractivity contribution in [2.24, 2.45) is 5.41 Å². The molecule has 0 aromatic heterocycles. The fraction of sp³-hybridized carbons (Fsp3) is 0.333. The predicted octanol–water partition coefficient (Wildman–Crippen LogP) is 4.35. The SMILES string of the molecule is Cc1ccc2c(c1)CC1(C)CC(Cl)=CC=C1O2. The minimum Gasteiger partial charge on any atom is -0.461 e. The summed E-state index contributed by atoms with van der Waals surface area (Å²) in [6.07, 6.45) is 5.82. The lowest BCUT2D eigenvalue weighted by Crippen LogP contribution is -2.31. The fourth-order valence-corrected chi connectivity index (χ4v) is 3.04. The van der Waals surface area contributed by atoms with E-state index in [1.165, 1.54) is 11.1 Å². The number of rotatable bonds is 0. The lowest BCUT2D eigenvalue weighted by molar-refractivity contribution is 0.221. The van der Waals surface area contributed by atoms with Gasteiger partial charge >= 0.3 is 0 Å². The van der Waals surface area contributed by atoms with Crippen molar-refractivity contribution in [3.05, 3.63) is 52.3 Å². The Morgan fingerprint density at radius 3 is 2.88 bits per heavy atom. The van der Waals surface area contributed by atoms with Crippen LogP contribution in [0.3, 0.4) is 0 Å². The molecule has 1 aliphatic heterocycles. The zero-order chi connectivity index (χ0) is 12.0. The van der Waals surface area contributed by atoms with Gasteiger partial charge in [-0.3, -0.25) is 0 Å². The third-order valence-corrected chi connectivity index (χ3v) is 3.85. The van der Waals surface area contributed by atoms with E-state index in [1.807, 2.05) is 12.2 Å². The van der Waals surface area contributed by atoms with Crippen molar-refractivity contribution in [1.82, 2.24) is 0 Å². The van der Waals surface area contributed by atoms with Gasteiger partial charge in [-0.15, -0.1) is 0 Å². The van der Waals surface area contributed by atoms with E-state index in [-0.39, 0.29) is 5.41 Å². The molecule has 1 heterocycles. The van der Waals surface area contributed by atoms with E-state index in [9.17, 15) is 0 Å². The van der Waals surface area contributed by atoms with Crippen molar-refractivity contribution in [2.45, 2.75) is 26.7 Å². The van der Waals surface area contributed by atoms with Gasteiger partial charge in [0.15, 0.2) is 0 Å². The van der Waals surface area contributed by atoms with E-state index < -0.39 is 0 Å². The normalized spacial score (nSPS) is 26.3. The van der Waals surface area contributed by atoms with E-state index in [2.05, 4.69) is 32.0 Å². The van der Waals surface area contributed by atoms with Crippen LogP contribution >= 0.6 is 11.6 Å². The lowest BCUT2D eigenvalue weighted by atomic mass is 9.74. The zero-order valence-electron chi connectivity index (χ0n) is 10.1. The highest BCUT2D eigenvalue weighted by atomic mass is 35.5. The third-order valence-electron chi connectivity index (χ3n) is 3.59. The Hall–Kier alpha value is -1.21. The summed E-state index contributed by atoms with van der Waals surface area (Å²) in [6, 6.07) is 6.36. The molecule has 1 aromatic carbocycles. The zero-order valence-corrected chi connectivity index (χ0v) is 10.8. The number of ether oxygens (including phenoxy) is 1. The average molecular weight is 247 g/mol. The third kappa shape index (κ3) is 1.79. The molecule has 0 bridgehead atoms. The Kier molecular flexibility index (Phi) is 2.34. The Labute approximate surface area is 107 Å². The van der Waals surface area contributed by atoms with Crippen molar-refractivity contribution in [3.63, 3.8) is 0 Å². The van der Waals surface area contributed by atoms with Gasteiger partial charge in [0.05, 0.1) is 0 Å². The standard InChI is InChI=1S/C15H15ClO/c1-10-3-5-13-11(7-10)8-15(2)9-12(16)4-6-14(15)17-13/h3-7H,8-9H2,1-2H3. The van der Waals surface area contributed by atoms with E-state index in [4.69, 9.17) is 16.3 Å². The van der Waals surface area contributed by atoms with Gasteiger partial charge in [-0.25, -0.2) is 0 Å². The Morgan fingerprint density at radius 1 is 1.24 bits per heavy atom. The van der Waals surface area contributed by atoms with Crippen LogP contribution < -0.4 is 4.74 Å². The maximum absolute atomic E-state index is 6.15. The van der Waals surface area contributed by atoms with E-state index in [0.717, 1.165) is 29.4 Å². The minimum absolute atomic E-state index is 0.0205. The summed E-state index contributed by atoms with van der Waals surface area (Å²) in [5.41, 5.74) is 2.59. The molecule has 0 N–H and O–H groups in total. The topological polar surface area (TPSA) is 9.23 Å². The summed E-state index contributed by atoms with van der Waals surface area (Å²) >= 11 is 6.15. The van der Waals surface area contributed by atoms with Crippen LogP contribution in [0.15, 0.2) is 41.1 Å².